The first-order valence-corrected chi connectivity index (χ1v) is 8.04. The van der Waals surface area contributed by atoms with Crippen LogP contribution in [0.1, 0.15) is 51.3 Å². The summed E-state index contributed by atoms with van der Waals surface area (Å²) < 4.78 is 3.78. The molecule has 8 heteroatoms. The van der Waals surface area contributed by atoms with E-state index in [-0.39, 0.29) is 17.9 Å². The normalized spacial score (nSPS) is 16.0. The molecule has 0 saturated carbocycles. The van der Waals surface area contributed by atoms with Crippen LogP contribution in [0.2, 0.25) is 0 Å². The third-order valence-electron chi connectivity index (χ3n) is 4.22. The minimum Gasteiger partial charge on any atom is -0.331 e. The first kappa shape index (κ1) is 15.6. The fourth-order valence-corrected chi connectivity index (χ4v) is 3.05. The van der Waals surface area contributed by atoms with E-state index in [9.17, 15) is 4.79 Å². The lowest BCUT2D eigenvalue weighted by Crippen LogP contribution is -2.44. The van der Waals surface area contributed by atoms with Crippen molar-refractivity contribution in [1.29, 1.82) is 0 Å². The average molecular weight is 317 g/mol. The second-order valence-electron chi connectivity index (χ2n) is 6.60. The van der Waals surface area contributed by atoms with E-state index < -0.39 is 0 Å². The van der Waals surface area contributed by atoms with Crippen LogP contribution in [0, 0.1) is 5.92 Å². The highest BCUT2D eigenvalue weighted by Gasteiger charge is 2.32. The van der Waals surface area contributed by atoms with Gasteiger partial charge < -0.3 is 9.47 Å². The number of aromatic nitrogens is 6. The Bertz CT molecular complexity index is 674. The first-order chi connectivity index (χ1) is 11.0. The molecule has 0 unspecified atom stereocenters. The number of carbonyl (C=O) groups is 1. The maximum atomic E-state index is 13.0. The van der Waals surface area contributed by atoms with Gasteiger partial charge in [0.2, 0.25) is 5.91 Å². The zero-order valence-electron chi connectivity index (χ0n) is 14.0. The smallest absolute Gasteiger partial charge is 0.248 e. The van der Waals surface area contributed by atoms with Crippen LogP contribution in [0.3, 0.4) is 0 Å². The second kappa shape index (κ2) is 6.10. The van der Waals surface area contributed by atoms with Crippen molar-refractivity contribution in [2.45, 2.75) is 52.7 Å². The Balaban J connectivity index is 1.81. The Labute approximate surface area is 135 Å². The molecule has 0 fully saturated rings. The van der Waals surface area contributed by atoms with Crippen molar-refractivity contribution in [3.8, 4) is 0 Å². The van der Waals surface area contributed by atoms with E-state index in [1.54, 1.807) is 11.0 Å². The molecule has 2 aromatic heterocycles. The van der Waals surface area contributed by atoms with Crippen molar-refractivity contribution in [1.82, 2.24) is 34.4 Å². The van der Waals surface area contributed by atoms with Gasteiger partial charge in [0.15, 0.2) is 5.82 Å². The summed E-state index contributed by atoms with van der Waals surface area (Å²) in [7, 11) is 0. The van der Waals surface area contributed by atoms with Crippen LogP contribution >= 0.6 is 0 Å². The van der Waals surface area contributed by atoms with Gasteiger partial charge in [0.1, 0.15) is 24.5 Å². The van der Waals surface area contributed by atoms with Crippen LogP contribution in [0.25, 0.3) is 0 Å². The summed E-state index contributed by atoms with van der Waals surface area (Å²) in [6, 6.07) is -0.337. The van der Waals surface area contributed by atoms with Crippen molar-refractivity contribution in [3.63, 3.8) is 0 Å². The van der Waals surface area contributed by atoms with Gasteiger partial charge in [-0.2, -0.15) is 5.10 Å². The van der Waals surface area contributed by atoms with Crippen molar-refractivity contribution in [2.24, 2.45) is 5.92 Å². The molecule has 23 heavy (non-hydrogen) atoms. The molecule has 1 atom stereocenters. The molecule has 1 aliphatic rings. The maximum absolute atomic E-state index is 13.0. The summed E-state index contributed by atoms with van der Waals surface area (Å²) >= 11 is 0. The Morgan fingerprint density at radius 3 is 2.57 bits per heavy atom. The molecule has 8 nitrogen and oxygen atoms in total. The van der Waals surface area contributed by atoms with Crippen molar-refractivity contribution in [3.05, 3.63) is 24.3 Å². The second-order valence-corrected chi connectivity index (χ2v) is 6.60. The number of fused-ring (bicyclic) bond motifs is 1. The number of hydrogen-bond donors (Lipinski definition) is 0. The van der Waals surface area contributed by atoms with Gasteiger partial charge in [-0.15, -0.1) is 10.2 Å². The van der Waals surface area contributed by atoms with Crippen LogP contribution < -0.4 is 0 Å². The van der Waals surface area contributed by atoms with Crippen LogP contribution in [0.15, 0.2) is 12.7 Å². The summed E-state index contributed by atoms with van der Waals surface area (Å²) in [5.41, 5.74) is 0. The molecular weight excluding hydrogens is 294 g/mol. The molecule has 1 amide bonds. The number of nitrogens with zero attached hydrogens (tertiary/aromatic N) is 7. The standard InChI is InChI=1S/C15H23N7O/c1-10(2)13(22-9-16-8-17-22)15(23)20-5-6-21-12(7-20)18-19-14(21)11(3)4/h8-11,13H,5-7H2,1-4H3/t13-/m1/s1. The quantitative estimate of drug-likeness (QED) is 0.847. The van der Waals surface area contributed by atoms with E-state index in [0.717, 1.165) is 18.2 Å². The summed E-state index contributed by atoms with van der Waals surface area (Å²) in [5, 5.41) is 12.7. The highest BCUT2D eigenvalue weighted by Crippen LogP contribution is 2.23. The lowest BCUT2D eigenvalue weighted by molar-refractivity contribution is -0.138. The summed E-state index contributed by atoms with van der Waals surface area (Å²) in [6.45, 7) is 10.2. The Kier molecular flexibility index (Phi) is 4.14. The molecule has 3 rings (SSSR count). The first-order valence-electron chi connectivity index (χ1n) is 8.04. The summed E-state index contributed by atoms with van der Waals surface area (Å²) in [5.74, 6) is 2.37. The minimum atomic E-state index is -0.337. The minimum absolute atomic E-state index is 0.0610. The molecule has 0 spiro atoms. The predicted octanol–water partition coefficient (Wildman–Crippen LogP) is 1.23. The lowest BCUT2D eigenvalue weighted by atomic mass is 10.0. The van der Waals surface area contributed by atoms with Crippen molar-refractivity contribution >= 4 is 5.91 Å². The monoisotopic (exact) mass is 317 g/mol. The van der Waals surface area contributed by atoms with E-state index in [0.29, 0.717) is 19.0 Å². The van der Waals surface area contributed by atoms with Crippen LogP contribution in [-0.2, 0) is 17.9 Å². The zero-order chi connectivity index (χ0) is 16.6. The van der Waals surface area contributed by atoms with Crippen LogP contribution in [0.4, 0.5) is 0 Å². The third-order valence-corrected chi connectivity index (χ3v) is 4.22. The summed E-state index contributed by atoms with van der Waals surface area (Å²) in [6.07, 6.45) is 3.07. The lowest BCUT2D eigenvalue weighted by Gasteiger charge is -2.32. The fourth-order valence-electron chi connectivity index (χ4n) is 3.05. The van der Waals surface area contributed by atoms with E-state index in [2.05, 4.69) is 38.7 Å². The Hall–Kier alpha value is -2.25. The predicted molar refractivity (Wildman–Crippen MR) is 83.4 cm³/mol. The van der Waals surface area contributed by atoms with Gasteiger partial charge >= 0.3 is 0 Å². The van der Waals surface area contributed by atoms with Gasteiger partial charge in [0, 0.05) is 19.0 Å². The highest BCUT2D eigenvalue weighted by atomic mass is 16.2. The molecule has 0 aromatic carbocycles. The molecular formula is C15H23N7O. The topological polar surface area (TPSA) is 81.7 Å². The Morgan fingerprint density at radius 1 is 1.17 bits per heavy atom. The van der Waals surface area contributed by atoms with E-state index >= 15 is 0 Å². The van der Waals surface area contributed by atoms with Crippen LogP contribution in [-0.4, -0.2) is 46.9 Å². The molecule has 0 bridgehead atoms. The Morgan fingerprint density at radius 2 is 1.96 bits per heavy atom. The van der Waals surface area contributed by atoms with Crippen molar-refractivity contribution < 1.29 is 4.79 Å². The van der Waals surface area contributed by atoms with E-state index in [1.165, 1.54) is 6.33 Å². The van der Waals surface area contributed by atoms with Gasteiger partial charge in [-0.05, 0) is 5.92 Å². The van der Waals surface area contributed by atoms with E-state index in [1.807, 2.05) is 18.7 Å². The number of rotatable bonds is 4. The number of carbonyl (C=O) groups excluding carboxylic acids is 1. The molecule has 1 aliphatic heterocycles. The SMILES string of the molecule is CC(C)c1nnc2n1CCN(C(=O)[C@@H](C(C)C)n1cncn1)C2. The zero-order valence-corrected chi connectivity index (χ0v) is 14.0. The van der Waals surface area contributed by atoms with Gasteiger partial charge in [0.05, 0.1) is 6.54 Å². The molecule has 124 valence electrons. The highest BCUT2D eigenvalue weighted by molar-refractivity contribution is 5.80. The van der Waals surface area contributed by atoms with Crippen LogP contribution in [0.5, 0.6) is 0 Å². The molecule has 0 radical (unpaired) electrons. The fraction of sp³-hybridized carbons (Fsp3) is 0.667. The number of hydrogen-bond acceptors (Lipinski definition) is 5. The third kappa shape index (κ3) is 2.85. The molecule has 2 aromatic rings. The summed E-state index contributed by atoms with van der Waals surface area (Å²) in [4.78, 5) is 18.8. The average Bonchev–Trinajstić information content (AvgIpc) is 3.15. The largest absolute Gasteiger partial charge is 0.331 e. The molecule has 3 heterocycles. The van der Waals surface area contributed by atoms with Gasteiger partial charge in [-0.1, -0.05) is 27.7 Å². The van der Waals surface area contributed by atoms with Gasteiger partial charge in [-0.25, -0.2) is 9.67 Å². The van der Waals surface area contributed by atoms with Gasteiger partial charge in [0.25, 0.3) is 0 Å². The molecule has 0 aliphatic carbocycles. The molecule has 0 N–H and O–H groups in total. The van der Waals surface area contributed by atoms with Crippen molar-refractivity contribution in [2.75, 3.05) is 6.54 Å². The molecule has 0 saturated heterocycles. The van der Waals surface area contributed by atoms with E-state index in [4.69, 9.17) is 0 Å². The number of amides is 1. The van der Waals surface area contributed by atoms with Gasteiger partial charge in [-0.3, -0.25) is 4.79 Å². The maximum Gasteiger partial charge on any atom is 0.248 e.